The highest BCUT2D eigenvalue weighted by Gasteiger charge is 2.62. The van der Waals surface area contributed by atoms with E-state index >= 15 is 0 Å². The summed E-state index contributed by atoms with van der Waals surface area (Å²) in [6, 6.07) is 0. The van der Waals surface area contributed by atoms with Gasteiger partial charge in [-0.1, -0.05) is 0 Å². The van der Waals surface area contributed by atoms with Gasteiger partial charge in [-0.05, 0) is 45.6 Å². The summed E-state index contributed by atoms with van der Waals surface area (Å²) in [4.78, 5) is 0. The molecule has 18 heavy (non-hydrogen) atoms. The molecule has 0 radical (unpaired) electrons. The van der Waals surface area contributed by atoms with Crippen molar-refractivity contribution >= 4 is 0 Å². The molecule has 0 aromatic carbocycles. The fraction of sp³-hybridized carbons (Fsp3) is 1.00. The second-order valence-corrected chi connectivity index (χ2v) is 6.58. The van der Waals surface area contributed by atoms with Gasteiger partial charge in [0, 0.05) is 24.4 Å². The fourth-order valence-electron chi connectivity index (χ4n) is 4.49. The zero-order valence-electron chi connectivity index (χ0n) is 11.3. The van der Waals surface area contributed by atoms with Gasteiger partial charge in [0.15, 0.2) is 0 Å². The van der Waals surface area contributed by atoms with Crippen molar-refractivity contribution in [1.82, 2.24) is 5.32 Å². The number of fused-ring (bicyclic) bond motifs is 2. The number of hydrogen-bond donors (Lipinski definition) is 3. The maximum absolute atomic E-state index is 11.2. The van der Waals surface area contributed by atoms with Gasteiger partial charge in [0.1, 0.15) is 0 Å². The van der Waals surface area contributed by atoms with Gasteiger partial charge in [-0.2, -0.15) is 0 Å². The van der Waals surface area contributed by atoms with Crippen molar-refractivity contribution in [3.63, 3.8) is 0 Å². The topological polar surface area (TPSA) is 67.5 Å². The number of nitrogens with one attached hydrogen (secondary N) is 1. The Kier molecular flexibility index (Phi) is 3.17. The van der Waals surface area contributed by atoms with Crippen molar-refractivity contribution in [3.05, 3.63) is 0 Å². The van der Waals surface area contributed by atoms with Gasteiger partial charge in [-0.15, -0.1) is 0 Å². The molecule has 4 nitrogen and oxygen atoms in total. The van der Waals surface area contributed by atoms with E-state index in [0.29, 0.717) is 18.6 Å². The molecule has 5 atom stereocenters. The summed E-state index contributed by atoms with van der Waals surface area (Å²) in [5.74, 6) is 0.303. The van der Waals surface area contributed by atoms with Crippen LogP contribution in [0.5, 0.6) is 0 Å². The monoisotopic (exact) mass is 254 g/mol. The van der Waals surface area contributed by atoms with Crippen molar-refractivity contribution in [2.75, 3.05) is 19.6 Å². The molecular weight excluding hydrogens is 228 g/mol. The van der Waals surface area contributed by atoms with E-state index in [1.165, 1.54) is 0 Å². The third kappa shape index (κ3) is 1.66. The second-order valence-electron chi connectivity index (χ2n) is 6.58. The van der Waals surface area contributed by atoms with E-state index in [1.54, 1.807) is 0 Å². The van der Waals surface area contributed by atoms with Gasteiger partial charge in [0.05, 0.1) is 17.8 Å². The maximum Gasteiger partial charge on any atom is 0.0753 e. The lowest BCUT2D eigenvalue weighted by Gasteiger charge is -2.51. The van der Waals surface area contributed by atoms with Gasteiger partial charge >= 0.3 is 0 Å². The van der Waals surface area contributed by atoms with Crippen LogP contribution in [0.25, 0.3) is 0 Å². The molecule has 4 heteroatoms. The number of aliphatic hydroxyl groups is 1. The molecule has 5 unspecified atom stereocenters. The lowest BCUT2D eigenvalue weighted by Crippen LogP contribution is -2.62. The standard InChI is InChI=1S/C14H26N2O2/c1-13(17,10-3-2-6-16-8-10)14(9-15)7-11-4-5-12(14)18-11/h10-12,16-17H,2-9,15H2,1H3. The summed E-state index contributed by atoms with van der Waals surface area (Å²) < 4.78 is 6.00. The predicted molar refractivity (Wildman–Crippen MR) is 70.2 cm³/mol. The smallest absolute Gasteiger partial charge is 0.0753 e. The second kappa shape index (κ2) is 4.44. The highest BCUT2D eigenvalue weighted by atomic mass is 16.5. The van der Waals surface area contributed by atoms with E-state index in [9.17, 15) is 5.11 Å². The van der Waals surface area contributed by atoms with Crippen LogP contribution in [0.4, 0.5) is 0 Å². The molecule has 104 valence electrons. The zero-order chi connectivity index (χ0) is 12.8. The first-order chi connectivity index (χ1) is 8.60. The molecule has 0 aliphatic carbocycles. The molecule has 3 fully saturated rings. The van der Waals surface area contributed by atoms with Crippen molar-refractivity contribution in [2.24, 2.45) is 17.1 Å². The summed E-state index contributed by atoms with van der Waals surface area (Å²) in [5.41, 5.74) is 5.15. The van der Waals surface area contributed by atoms with E-state index in [-0.39, 0.29) is 11.5 Å². The Hall–Kier alpha value is -0.160. The minimum Gasteiger partial charge on any atom is -0.389 e. The Morgan fingerprint density at radius 2 is 2.28 bits per heavy atom. The van der Waals surface area contributed by atoms with Crippen molar-refractivity contribution < 1.29 is 9.84 Å². The van der Waals surface area contributed by atoms with Gasteiger partial charge < -0.3 is 20.9 Å². The minimum absolute atomic E-state index is 0.171. The largest absolute Gasteiger partial charge is 0.389 e. The maximum atomic E-state index is 11.2. The predicted octanol–water partition coefficient (Wildman–Crippen LogP) is 0.633. The molecule has 4 N–H and O–H groups in total. The SMILES string of the molecule is CC(O)(C1CCCNC1)C1(CN)CC2CCC1O2. The molecule has 3 aliphatic rings. The molecule has 3 rings (SSSR count). The van der Waals surface area contributed by atoms with Crippen LogP contribution in [0.2, 0.25) is 0 Å². The van der Waals surface area contributed by atoms with Gasteiger partial charge in [-0.3, -0.25) is 0 Å². The normalized spacial score (nSPS) is 47.2. The highest BCUT2D eigenvalue weighted by Crippen LogP contribution is 2.55. The number of hydrogen-bond acceptors (Lipinski definition) is 4. The number of ether oxygens (including phenoxy) is 1. The number of rotatable bonds is 3. The summed E-state index contributed by atoms with van der Waals surface area (Å²) in [6.07, 6.45) is 5.91. The third-order valence-electron chi connectivity index (χ3n) is 5.78. The molecule has 3 saturated heterocycles. The average molecular weight is 254 g/mol. The Balaban J connectivity index is 1.85. The van der Waals surface area contributed by atoms with Crippen LogP contribution in [-0.4, -0.2) is 42.5 Å². The van der Waals surface area contributed by atoms with Gasteiger partial charge in [0.25, 0.3) is 0 Å². The molecule has 3 heterocycles. The van der Waals surface area contributed by atoms with E-state index < -0.39 is 5.60 Å². The quantitative estimate of drug-likeness (QED) is 0.691. The van der Waals surface area contributed by atoms with Crippen LogP contribution in [0.15, 0.2) is 0 Å². The number of piperidine rings is 1. The van der Waals surface area contributed by atoms with Crippen molar-refractivity contribution in [3.8, 4) is 0 Å². The Labute approximate surface area is 109 Å². The third-order valence-corrected chi connectivity index (χ3v) is 5.78. The van der Waals surface area contributed by atoms with Gasteiger partial charge in [0.2, 0.25) is 0 Å². The lowest BCUT2D eigenvalue weighted by molar-refractivity contribution is -0.139. The molecule has 0 saturated carbocycles. The van der Waals surface area contributed by atoms with Crippen LogP contribution in [0.1, 0.15) is 39.0 Å². The van der Waals surface area contributed by atoms with Crippen LogP contribution >= 0.6 is 0 Å². The fourth-order valence-corrected chi connectivity index (χ4v) is 4.49. The van der Waals surface area contributed by atoms with E-state index in [2.05, 4.69) is 5.32 Å². The summed E-state index contributed by atoms with van der Waals surface area (Å²) >= 11 is 0. The van der Waals surface area contributed by atoms with Crippen molar-refractivity contribution in [2.45, 2.75) is 56.8 Å². The van der Waals surface area contributed by atoms with Crippen LogP contribution < -0.4 is 11.1 Å². The summed E-state index contributed by atoms with van der Waals surface area (Å²) in [6.45, 7) is 4.52. The van der Waals surface area contributed by atoms with Crippen LogP contribution in [0, 0.1) is 11.3 Å². The Morgan fingerprint density at radius 3 is 2.78 bits per heavy atom. The highest BCUT2D eigenvalue weighted by molar-refractivity contribution is 5.12. The molecule has 2 bridgehead atoms. The van der Waals surface area contributed by atoms with E-state index in [1.807, 2.05) is 6.92 Å². The summed E-state index contributed by atoms with van der Waals surface area (Å²) in [7, 11) is 0. The molecule has 0 amide bonds. The minimum atomic E-state index is -0.713. The Bertz CT molecular complexity index is 315. The van der Waals surface area contributed by atoms with Crippen molar-refractivity contribution in [1.29, 1.82) is 0 Å². The molecule has 0 spiro atoms. The lowest BCUT2D eigenvalue weighted by atomic mass is 9.58. The van der Waals surface area contributed by atoms with Crippen LogP contribution in [0.3, 0.4) is 0 Å². The number of nitrogens with two attached hydrogens (primary N) is 1. The summed E-state index contributed by atoms with van der Waals surface area (Å²) in [5, 5.41) is 14.6. The zero-order valence-corrected chi connectivity index (χ0v) is 11.3. The Morgan fingerprint density at radius 1 is 1.44 bits per heavy atom. The first kappa shape index (κ1) is 12.9. The molecule has 3 aliphatic heterocycles. The van der Waals surface area contributed by atoms with Gasteiger partial charge in [-0.25, -0.2) is 0 Å². The molecule has 0 aromatic heterocycles. The van der Waals surface area contributed by atoms with E-state index in [4.69, 9.17) is 10.5 Å². The van der Waals surface area contributed by atoms with Crippen LogP contribution in [-0.2, 0) is 4.74 Å². The van der Waals surface area contributed by atoms with E-state index in [0.717, 1.165) is 45.2 Å². The average Bonchev–Trinajstić information content (AvgIpc) is 3.00. The molecule has 0 aromatic rings. The first-order valence-electron chi connectivity index (χ1n) is 7.39. The first-order valence-corrected chi connectivity index (χ1v) is 7.39. The molecular formula is C14H26N2O2.